The minimum absolute atomic E-state index is 0.109. The van der Waals surface area contributed by atoms with Crippen LogP contribution < -0.4 is 0 Å². The number of aromatic hydroxyl groups is 1. The Morgan fingerprint density at radius 3 is 1.07 bits per heavy atom. The molecule has 29 heavy (non-hydrogen) atoms. The fraction of sp³-hybridized carbons (Fsp3) is 0.571. The molecule has 0 bridgehead atoms. The van der Waals surface area contributed by atoms with Gasteiger partial charge in [-0.25, -0.2) is 0 Å². The summed E-state index contributed by atoms with van der Waals surface area (Å²) in [5, 5.41) is 11.8. The Hall–Kier alpha value is -1.76. The third kappa shape index (κ3) is 4.55. The van der Waals surface area contributed by atoms with E-state index in [0.29, 0.717) is 5.75 Å². The zero-order valence-corrected chi connectivity index (χ0v) is 20.8. The molecule has 0 unspecified atom stereocenters. The molecule has 0 atom stereocenters. The van der Waals surface area contributed by atoms with Gasteiger partial charge in [0.2, 0.25) is 0 Å². The van der Waals surface area contributed by atoms with Gasteiger partial charge in [0.15, 0.2) is 0 Å². The van der Waals surface area contributed by atoms with E-state index < -0.39 is 0 Å². The second-order valence-electron chi connectivity index (χ2n) is 12.6. The Balaban J connectivity index is 3.35. The molecule has 0 aliphatic heterocycles. The Morgan fingerprint density at radius 2 is 0.793 bits per heavy atom. The first kappa shape index (κ1) is 23.5. The highest BCUT2D eigenvalue weighted by Crippen LogP contribution is 2.54. The van der Waals surface area contributed by atoms with Gasteiger partial charge in [-0.3, -0.25) is 0 Å². The zero-order chi connectivity index (χ0) is 22.6. The molecule has 0 amide bonds. The topological polar surface area (TPSA) is 20.2 Å². The second kappa shape index (κ2) is 7.18. The van der Waals surface area contributed by atoms with Crippen molar-refractivity contribution < 1.29 is 5.11 Å². The SMILES string of the molecule is CC(C)(C)c1c(O)c(C(C)(C)C)c(C(C)(C)C)c(-c2ccccc2)c1C(C)(C)C. The summed E-state index contributed by atoms with van der Waals surface area (Å²) in [6.07, 6.45) is 0. The van der Waals surface area contributed by atoms with Crippen LogP contribution in [0.5, 0.6) is 5.75 Å². The van der Waals surface area contributed by atoms with Crippen molar-refractivity contribution in [2.75, 3.05) is 0 Å². The molecule has 0 aromatic heterocycles. The smallest absolute Gasteiger partial charge is 0.123 e. The molecule has 2 aromatic rings. The van der Waals surface area contributed by atoms with Crippen molar-refractivity contribution in [3.05, 3.63) is 52.6 Å². The van der Waals surface area contributed by atoms with Crippen LogP contribution in [0.4, 0.5) is 0 Å². The van der Waals surface area contributed by atoms with Gasteiger partial charge >= 0.3 is 0 Å². The van der Waals surface area contributed by atoms with Crippen molar-refractivity contribution in [3.8, 4) is 16.9 Å². The van der Waals surface area contributed by atoms with Crippen LogP contribution in [-0.2, 0) is 21.7 Å². The van der Waals surface area contributed by atoms with Crippen molar-refractivity contribution >= 4 is 0 Å². The molecule has 160 valence electrons. The summed E-state index contributed by atoms with van der Waals surface area (Å²) in [6.45, 7) is 26.9. The first-order valence-electron chi connectivity index (χ1n) is 10.9. The van der Waals surface area contributed by atoms with E-state index in [2.05, 4.69) is 113 Å². The molecule has 0 heterocycles. The molecule has 0 aliphatic carbocycles. The summed E-state index contributed by atoms with van der Waals surface area (Å²) in [5.74, 6) is 0.486. The summed E-state index contributed by atoms with van der Waals surface area (Å²) < 4.78 is 0. The third-order valence-corrected chi connectivity index (χ3v) is 5.54. The van der Waals surface area contributed by atoms with Crippen molar-refractivity contribution in [1.82, 2.24) is 0 Å². The van der Waals surface area contributed by atoms with E-state index in [1.165, 1.54) is 22.3 Å². The van der Waals surface area contributed by atoms with Crippen molar-refractivity contribution in [2.24, 2.45) is 0 Å². The van der Waals surface area contributed by atoms with Gasteiger partial charge in [0.25, 0.3) is 0 Å². The van der Waals surface area contributed by atoms with Crippen LogP contribution in [0.2, 0.25) is 0 Å². The van der Waals surface area contributed by atoms with Crippen molar-refractivity contribution in [1.29, 1.82) is 0 Å². The number of phenols is 1. The van der Waals surface area contributed by atoms with Gasteiger partial charge < -0.3 is 5.11 Å². The number of phenolic OH excluding ortho intramolecular Hbond substituents is 1. The monoisotopic (exact) mass is 394 g/mol. The molecule has 0 aliphatic rings. The lowest BCUT2D eigenvalue weighted by Gasteiger charge is -2.41. The minimum Gasteiger partial charge on any atom is -0.507 e. The Morgan fingerprint density at radius 1 is 0.483 bits per heavy atom. The van der Waals surface area contributed by atoms with Crippen molar-refractivity contribution in [3.63, 3.8) is 0 Å². The van der Waals surface area contributed by atoms with Gasteiger partial charge in [-0.05, 0) is 43.9 Å². The largest absolute Gasteiger partial charge is 0.507 e. The second-order valence-corrected chi connectivity index (χ2v) is 12.6. The van der Waals surface area contributed by atoms with Crippen LogP contribution >= 0.6 is 0 Å². The standard InChI is InChI=1S/C28H42O/c1-25(2,3)20-19(18-16-14-13-15-17-18)21(26(4,5)6)23(28(10,11)12)24(29)22(20)27(7,8)9/h13-17,29H,1-12H3. The van der Waals surface area contributed by atoms with E-state index in [1.54, 1.807) is 0 Å². The van der Waals surface area contributed by atoms with Crippen molar-refractivity contribution in [2.45, 2.75) is 105 Å². The Kier molecular flexibility index (Phi) is 5.83. The van der Waals surface area contributed by atoms with E-state index in [1.807, 2.05) is 0 Å². The Labute approximate surface area is 179 Å². The predicted molar refractivity (Wildman–Crippen MR) is 128 cm³/mol. The van der Waals surface area contributed by atoms with E-state index in [-0.39, 0.29) is 21.7 Å². The van der Waals surface area contributed by atoms with E-state index >= 15 is 0 Å². The average Bonchev–Trinajstić information content (AvgIpc) is 2.50. The summed E-state index contributed by atoms with van der Waals surface area (Å²) in [4.78, 5) is 0. The fourth-order valence-electron chi connectivity index (χ4n) is 4.59. The first-order valence-corrected chi connectivity index (χ1v) is 10.9. The molecule has 2 rings (SSSR count). The van der Waals surface area contributed by atoms with Gasteiger partial charge in [-0.1, -0.05) is 113 Å². The van der Waals surface area contributed by atoms with Gasteiger partial charge in [-0.2, -0.15) is 0 Å². The van der Waals surface area contributed by atoms with Crippen LogP contribution in [0.15, 0.2) is 30.3 Å². The summed E-state index contributed by atoms with van der Waals surface area (Å²) in [6, 6.07) is 10.8. The fourth-order valence-corrected chi connectivity index (χ4v) is 4.59. The molecule has 1 nitrogen and oxygen atoms in total. The average molecular weight is 395 g/mol. The highest BCUT2D eigenvalue weighted by Gasteiger charge is 2.40. The highest BCUT2D eigenvalue weighted by atomic mass is 16.3. The highest BCUT2D eigenvalue weighted by molar-refractivity contribution is 5.80. The first-order chi connectivity index (χ1) is 12.9. The molecule has 0 saturated carbocycles. The lowest BCUT2D eigenvalue weighted by molar-refractivity contribution is 0.406. The van der Waals surface area contributed by atoms with Gasteiger partial charge in [-0.15, -0.1) is 0 Å². The van der Waals surface area contributed by atoms with E-state index in [4.69, 9.17) is 0 Å². The minimum atomic E-state index is -0.174. The number of hydrogen-bond acceptors (Lipinski definition) is 1. The summed E-state index contributed by atoms with van der Waals surface area (Å²) in [5.41, 5.74) is 6.68. The molecular formula is C28H42O. The van der Waals surface area contributed by atoms with Crippen LogP contribution in [0.3, 0.4) is 0 Å². The van der Waals surface area contributed by atoms with Gasteiger partial charge in [0, 0.05) is 11.1 Å². The van der Waals surface area contributed by atoms with Crippen LogP contribution in [-0.4, -0.2) is 5.11 Å². The molecule has 0 radical (unpaired) electrons. The molecular weight excluding hydrogens is 352 g/mol. The zero-order valence-electron chi connectivity index (χ0n) is 20.8. The lowest BCUT2D eigenvalue weighted by atomic mass is 9.63. The van der Waals surface area contributed by atoms with Crippen LogP contribution in [0.1, 0.15) is 105 Å². The molecule has 0 saturated heterocycles. The van der Waals surface area contributed by atoms with Crippen LogP contribution in [0.25, 0.3) is 11.1 Å². The van der Waals surface area contributed by atoms with E-state index in [0.717, 1.165) is 11.1 Å². The molecule has 1 N–H and O–H groups in total. The lowest BCUT2D eigenvalue weighted by Crippen LogP contribution is -2.30. The Bertz CT molecular complexity index is 821. The summed E-state index contributed by atoms with van der Waals surface area (Å²) >= 11 is 0. The molecule has 0 spiro atoms. The normalized spacial score (nSPS) is 13.7. The quantitative estimate of drug-likeness (QED) is 0.516. The molecule has 1 heteroatoms. The summed E-state index contributed by atoms with van der Waals surface area (Å²) in [7, 11) is 0. The maximum atomic E-state index is 11.8. The number of benzene rings is 2. The third-order valence-electron chi connectivity index (χ3n) is 5.54. The van der Waals surface area contributed by atoms with Gasteiger partial charge in [0.05, 0.1) is 0 Å². The van der Waals surface area contributed by atoms with Crippen LogP contribution in [0, 0.1) is 0 Å². The predicted octanol–water partition coefficient (Wildman–Crippen LogP) is 8.25. The molecule has 0 fully saturated rings. The number of hydrogen-bond donors (Lipinski definition) is 1. The van der Waals surface area contributed by atoms with E-state index in [9.17, 15) is 5.11 Å². The maximum absolute atomic E-state index is 11.8. The number of rotatable bonds is 1. The maximum Gasteiger partial charge on any atom is 0.123 e. The van der Waals surface area contributed by atoms with Gasteiger partial charge in [0.1, 0.15) is 5.75 Å². The molecule has 2 aromatic carbocycles.